The van der Waals surface area contributed by atoms with Crippen LogP contribution < -0.4 is 10.2 Å². The lowest BCUT2D eigenvalue weighted by Crippen LogP contribution is -2.36. The van der Waals surface area contributed by atoms with Crippen molar-refractivity contribution in [1.82, 2.24) is 15.5 Å². The largest absolute Gasteiger partial charge is 0.389 e. The minimum atomic E-state index is -0.810. The average Bonchev–Trinajstić information content (AvgIpc) is 2.26. The van der Waals surface area contributed by atoms with Crippen LogP contribution in [0.4, 0.5) is 5.82 Å². The van der Waals surface area contributed by atoms with Crippen molar-refractivity contribution in [3.05, 3.63) is 17.8 Å². The highest BCUT2D eigenvalue weighted by molar-refractivity contribution is 5.91. The summed E-state index contributed by atoms with van der Waals surface area (Å²) in [6.07, 6.45) is 0. The molecule has 1 heterocycles. The molecule has 0 radical (unpaired) electrons. The van der Waals surface area contributed by atoms with Crippen LogP contribution in [0.3, 0.4) is 0 Å². The van der Waals surface area contributed by atoms with Crippen molar-refractivity contribution in [2.24, 2.45) is 0 Å². The molecule has 17 heavy (non-hydrogen) atoms. The van der Waals surface area contributed by atoms with Gasteiger partial charge in [-0.25, -0.2) is 0 Å². The SMILES string of the molecule is CNC(=O)c1ccc(N(C)CC(C)(C)O)nn1. The summed E-state index contributed by atoms with van der Waals surface area (Å²) in [4.78, 5) is 13.0. The Balaban J connectivity index is 2.77. The third-order valence-corrected chi connectivity index (χ3v) is 2.13. The molecule has 0 unspecified atom stereocenters. The summed E-state index contributed by atoms with van der Waals surface area (Å²) in [6.45, 7) is 3.87. The van der Waals surface area contributed by atoms with E-state index in [0.29, 0.717) is 12.4 Å². The van der Waals surface area contributed by atoms with Gasteiger partial charge in [-0.15, -0.1) is 10.2 Å². The monoisotopic (exact) mass is 238 g/mol. The van der Waals surface area contributed by atoms with E-state index in [1.807, 2.05) is 7.05 Å². The minimum absolute atomic E-state index is 0.269. The van der Waals surface area contributed by atoms with Crippen LogP contribution in [-0.2, 0) is 0 Å². The molecule has 0 aliphatic carbocycles. The van der Waals surface area contributed by atoms with E-state index in [9.17, 15) is 9.90 Å². The highest BCUT2D eigenvalue weighted by atomic mass is 16.3. The smallest absolute Gasteiger partial charge is 0.271 e. The number of aliphatic hydroxyl groups is 1. The zero-order valence-corrected chi connectivity index (χ0v) is 10.6. The number of nitrogens with one attached hydrogen (secondary N) is 1. The molecule has 1 amide bonds. The van der Waals surface area contributed by atoms with Gasteiger partial charge in [-0.2, -0.15) is 0 Å². The quantitative estimate of drug-likeness (QED) is 0.774. The number of hydrogen-bond acceptors (Lipinski definition) is 5. The Morgan fingerprint density at radius 1 is 1.47 bits per heavy atom. The van der Waals surface area contributed by atoms with Crippen molar-refractivity contribution in [2.45, 2.75) is 19.4 Å². The van der Waals surface area contributed by atoms with Gasteiger partial charge in [-0.05, 0) is 26.0 Å². The minimum Gasteiger partial charge on any atom is -0.389 e. The molecule has 0 aromatic carbocycles. The highest BCUT2D eigenvalue weighted by Gasteiger charge is 2.17. The second kappa shape index (κ2) is 5.09. The normalized spacial score (nSPS) is 11.1. The fourth-order valence-corrected chi connectivity index (χ4v) is 1.44. The first-order chi connectivity index (χ1) is 7.83. The Kier molecular flexibility index (Phi) is 4.01. The van der Waals surface area contributed by atoms with Gasteiger partial charge in [0.05, 0.1) is 5.60 Å². The summed E-state index contributed by atoms with van der Waals surface area (Å²) in [5, 5.41) is 19.9. The Morgan fingerprint density at radius 3 is 2.53 bits per heavy atom. The summed E-state index contributed by atoms with van der Waals surface area (Å²) in [5.74, 6) is 0.342. The van der Waals surface area contributed by atoms with Crippen LogP contribution in [0, 0.1) is 0 Å². The van der Waals surface area contributed by atoms with Gasteiger partial charge in [0.1, 0.15) is 0 Å². The Morgan fingerprint density at radius 2 is 2.12 bits per heavy atom. The van der Waals surface area contributed by atoms with Crippen molar-refractivity contribution in [1.29, 1.82) is 0 Å². The second-order valence-electron chi connectivity index (χ2n) is 4.52. The number of anilines is 1. The number of nitrogens with zero attached hydrogens (tertiary/aromatic N) is 3. The van der Waals surface area contributed by atoms with E-state index in [1.165, 1.54) is 0 Å². The summed E-state index contributed by atoms with van der Waals surface area (Å²) in [7, 11) is 3.35. The van der Waals surface area contributed by atoms with Gasteiger partial charge < -0.3 is 15.3 Å². The van der Waals surface area contributed by atoms with Gasteiger partial charge in [-0.1, -0.05) is 0 Å². The van der Waals surface area contributed by atoms with Crippen LogP contribution >= 0.6 is 0 Å². The molecular formula is C11H18N4O2. The standard InChI is InChI=1S/C11H18N4O2/c1-11(2,17)7-15(4)9-6-5-8(13-14-9)10(16)12-3/h5-6,17H,7H2,1-4H3,(H,12,16). The lowest BCUT2D eigenvalue weighted by atomic mass is 10.1. The van der Waals surface area contributed by atoms with Crippen molar-refractivity contribution >= 4 is 11.7 Å². The van der Waals surface area contributed by atoms with Crippen molar-refractivity contribution in [2.75, 3.05) is 25.5 Å². The van der Waals surface area contributed by atoms with Crippen molar-refractivity contribution in [3.8, 4) is 0 Å². The summed E-state index contributed by atoms with van der Waals surface area (Å²) >= 11 is 0. The first kappa shape index (κ1) is 13.4. The first-order valence-electron chi connectivity index (χ1n) is 5.33. The number of aromatic nitrogens is 2. The maximum atomic E-state index is 11.3. The molecule has 0 fully saturated rings. The third kappa shape index (κ3) is 3.99. The molecule has 6 heteroatoms. The van der Waals surface area contributed by atoms with Crippen molar-refractivity contribution < 1.29 is 9.90 Å². The molecule has 0 atom stereocenters. The average molecular weight is 238 g/mol. The maximum Gasteiger partial charge on any atom is 0.271 e. The highest BCUT2D eigenvalue weighted by Crippen LogP contribution is 2.11. The fraction of sp³-hybridized carbons (Fsp3) is 0.545. The number of hydrogen-bond donors (Lipinski definition) is 2. The Hall–Kier alpha value is -1.69. The van der Waals surface area contributed by atoms with E-state index in [0.717, 1.165) is 0 Å². The van der Waals surface area contributed by atoms with E-state index in [-0.39, 0.29) is 11.6 Å². The molecule has 1 aromatic heterocycles. The molecule has 1 rings (SSSR count). The van der Waals surface area contributed by atoms with Gasteiger partial charge in [0.2, 0.25) is 0 Å². The predicted molar refractivity (Wildman–Crippen MR) is 65.0 cm³/mol. The lowest BCUT2D eigenvalue weighted by Gasteiger charge is -2.25. The fourth-order valence-electron chi connectivity index (χ4n) is 1.44. The van der Waals surface area contributed by atoms with E-state index >= 15 is 0 Å². The van der Waals surface area contributed by atoms with Crippen LogP contribution in [0.1, 0.15) is 24.3 Å². The molecule has 2 N–H and O–H groups in total. The lowest BCUT2D eigenvalue weighted by molar-refractivity contribution is 0.0882. The predicted octanol–water partition coefficient (Wildman–Crippen LogP) is 0.0433. The zero-order chi connectivity index (χ0) is 13.1. The van der Waals surface area contributed by atoms with Crippen LogP contribution in [0.5, 0.6) is 0 Å². The number of carbonyl (C=O) groups excluding carboxylic acids is 1. The van der Waals surface area contributed by atoms with E-state index < -0.39 is 5.60 Å². The van der Waals surface area contributed by atoms with Gasteiger partial charge >= 0.3 is 0 Å². The van der Waals surface area contributed by atoms with E-state index in [1.54, 1.807) is 37.9 Å². The Labute approximate surface area is 101 Å². The molecule has 6 nitrogen and oxygen atoms in total. The van der Waals surface area contributed by atoms with Crippen molar-refractivity contribution in [3.63, 3.8) is 0 Å². The van der Waals surface area contributed by atoms with E-state index in [2.05, 4.69) is 15.5 Å². The molecule has 0 saturated carbocycles. The number of carbonyl (C=O) groups is 1. The first-order valence-corrected chi connectivity index (χ1v) is 5.33. The van der Waals surface area contributed by atoms with Crippen LogP contribution in [0.25, 0.3) is 0 Å². The number of likely N-dealkylation sites (N-methyl/N-ethyl adjacent to an activating group) is 1. The van der Waals surface area contributed by atoms with Gasteiger partial charge in [0.15, 0.2) is 11.5 Å². The summed E-state index contributed by atoms with van der Waals surface area (Å²) in [6, 6.07) is 3.30. The van der Waals surface area contributed by atoms with Gasteiger partial charge in [-0.3, -0.25) is 4.79 Å². The van der Waals surface area contributed by atoms with E-state index in [4.69, 9.17) is 0 Å². The molecule has 0 spiro atoms. The molecule has 94 valence electrons. The maximum absolute atomic E-state index is 11.3. The second-order valence-corrected chi connectivity index (χ2v) is 4.52. The molecular weight excluding hydrogens is 220 g/mol. The zero-order valence-electron chi connectivity index (χ0n) is 10.6. The van der Waals surface area contributed by atoms with Gasteiger partial charge in [0, 0.05) is 20.6 Å². The van der Waals surface area contributed by atoms with Crippen LogP contribution in [0.15, 0.2) is 12.1 Å². The third-order valence-electron chi connectivity index (χ3n) is 2.13. The topological polar surface area (TPSA) is 78.4 Å². The van der Waals surface area contributed by atoms with Crippen LogP contribution in [-0.4, -0.2) is 47.5 Å². The molecule has 1 aromatic rings. The van der Waals surface area contributed by atoms with Crippen LogP contribution in [0.2, 0.25) is 0 Å². The molecule has 0 aliphatic heterocycles. The summed E-state index contributed by atoms with van der Waals surface area (Å²) < 4.78 is 0. The number of amides is 1. The Bertz CT molecular complexity index is 383. The molecule has 0 aliphatic rings. The number of rotatable bonds is 4. The molecule has 0 saturated heterocycles. The molecule has 0 bridgehead atoms. The summed E-state index contributed by atoms with van der Waals surface area (Å²) in [5.41, 5.74) is -0.538. The van der Waals surface area contributed by atoms with Gasteiger partial charge in [0.25, 0.3) is 5.91 Å².